The van der Waals surface area contributed by atoms with Gasteiger partial charge in [-0.15, -0.1) is 0 Å². The van der Waals surface area contributed by atoms with E-state index in [-0.39, 0.29) is 0 Å². The quantitative estimate of drug-likeness (QED) is 0.877. The highest BCUT2D eigenvalue weighted by molar-refractivity contribution is 5.37. The predicted octanol–water partition coefficient (Wildman–Crippen LogP) is 2.88. The number of rotatable bonds is 4. The Morgan fingerprint density at radius 1 is 1.41 bits per heavy atom. The van der Waals surface area contributed by atoms with Crippen molar-refractivity contribution in [2.24, 2.45) is 0 Å². The van der Waals surface area contributed by atoms with Gasteiger partial charge in [0.05, 0.1) is 6.10 Å². The first kappa shape index (κ1) is 11.9. The lowest BCUT2D eigenvalue weighted by Gasteiger charge is -2.10. The number of hydrogen-bond acceptors (Lipinski definition) is 2. The maximum Gasteiger partial charge on any atom is 0.113 e. The molecule has 0 spiro atoms. The van der Waals surface area contributed by atoms with Gasteiger partial charge in [0.2, 0.25) is 0 Å². The van der Waals surface area contributed by atoms with Gasteiger partial charge in [0.25, 0.3) is 0 Å². The van der Waals surface area contributed by atoms with Gasteiger partial charge in [-0.3, -0.25) is 0 Å². The van der Waals surface area contributed by atoms with Crippen molar-refractivity contribution >= 4 is 0 Å². The molecule has 0 bridgehead atoms. The molecule has 3 heteroatoms. The first-order chi connectivity index (χ1) is 8.22. The van der Waals surface area contributed by atoms with Gasteiger partial charge in [-0.2, -0.15) is 0 Å². The molecule has 1 atom stereocenters. The molecule has 1 N–H and O–H groups in total. The predicted molar refractivity (Wildman–Crippen MR) is 68.2 cm³/mol. The molecular weight excluding hydrogens is 212 g/mol. The SMILES string of the molecule is CCCc1nccn1-c1cccc([C@H](C)O)c1. The van der Waals surface area contributed by atoms with E-state index in [0.717, 1.165) is 29.9 Å². The van der Waals surface area contributed by atoms with Crippen LogP contribution in [0.4, 0.5) is 0 Å². The van der Waals surface area contributed by atoms with Gasteiger partial charge in [0, 0.05) is 24.5 Å². The van der Waals surface area contributed by atoms with Crippen molar-refractivity contribution in [1.82, 2.24) is 9.55 Å². The summed E-state index contributed by atoms with van der Waals surface area (Å²) in [5, 5.41) is 9.59. The molecule has 90 valence electrons. The van der Waals surface area contributed by atoms with Crippen LogP contribution in [0.2, 0.25) is 0 Å². The number of hydrogen-bond donors (Lipinski definition) is 1. The Morgan fingerprint density at radius 2 is 2.24 bits per heavy atom. The second kappa shape index (κ2) is 5.15. The summed E-state index contributed by atoms with van der Waals surface area (Å²) in [6, 6.07) is 7.94. The maximum absolute atomic E-state index is 9.59. The lowest BCUT2D eigenvalue weighted by atomic mass is 10.1. The van der Waals surface area contributed by atoms with E-state index < -0.39 is 6.10 Å². The van der Waals surface area contributed by atoms with Crippen molar-refractivity contribution in [2.45, 2.75) is 32.8 Å². The summed E-state index contributed by atoms with van der Waals surface area (Å²) < 4.78 is 2.08. The van der Waals surface area contributed by atoms with Crippen molar-refractivity contribution in [2.75, 3.05) is 0 Å². The molecule has 3 nitrogen and oxygen atoms in total. The number of imidazole rings is 1. The molecule has 0 aliphatic heterocycles. The van der Waals surface area contributed by atoms with Gasteiger partial charge in [0.15, 0.2) is 0 Å². The molecule has 0 fully saturated rings. The van der Waals surface area contributed by atoms with E-state index in [0.29, 0.717) is 0 Å². The smallest absolute Gasteiger partial charge is 0.113 e. The lowest BCUT2D eigenvalue weighted by molar-refractivity contribution is 0.199. The Labute approximate surface area is 102 Å². The molecule has 0 saturated heterocycles. The number of benzene rings is 1. The minimum absolute atomic E-state index is 0.437. The van der Waals surface area contributed by atoms with Crippen LogP contribution in [-0.4, -0.2) is 14.7 Å². The number of aliphatic hydroxyl groups excluding tert-OH is 1. The van der Waals surface area contributed by atoms with E-state index in [2.05, 4.69) is 16.5 Å². The molecule has 0 aliphatic carbocycles. The third kappa shape index (κ3) is 2.56. The Balaban J connectivity index is 2.38. The van der Waals surface area contributed by atoms with Gasteiger partial charge < -0.3 is 9.67 Å². The van der Waals surface area contributed by atoms with E-state index in [1.165, 1.54) is 0 Å². The fourth-order valence-electron chi connectivity index (χ4n) is 1.91. The van der Waals surface area contributed by atoms with E-state index in [4.69, 9.17) is 0 Å². The summed E-state index contributed by atoms with van der Waals surface area (Å²) >= 11 is 0. The number of nitrogens with zero attached hydrogens (tertiary/aromatic N) is 2. The minimum Gasteiger partial charge on any atom is -0.389 e. The molecule has 1 aromatic carbocycles. The molecule has 17 heavy (non-hydrogen) atoms. The lowest BCUT2D eigenvalue weighted by Crippen LogP contribution is -2.01. The molecule has 0 unspecified atom stereocenters. The first-order valence-electron chi connectivity index (χ1n) is 6.03. The third-order valence-electron chi connectivity index (χ3n) is 2.82. The zero-order valence-corrected chi connectivity index (χ0v) is 10.3. The summed E-state index contributed by atoms with van der Waals surface area (Å²) in [5.74, 6) is 1.07. The summed E-state index contributed by atoms with van der Waals surface area (Å²) in [4.78, 5) is 4.36. The fraction of sp³-hybridized carbons (Fsp3) is 0.357. The summed E-state index contributed by atoms with van der Waals surface area (Å²) in [7, 11) is 0. The summed E-state index contributed by atoms with van der Waals surface area (Å²) in [5.41, 5.74) is 1.99. The minimum atomic E-state index is -0.437. The maximum atomic E-state index is 9.59. The van der Waals surface area contributed by atoms with E-state index in [1.807, 2.05) is 36.7 Å². The standard InChI is InChI=1S/C14H18N2O/c1-3-5-14-15-8-9-16(14)13-7-4-6-12(10-13)11(2)17/h4,6-11,17H,3,5H2,1-2H3/t11-/m0/s1. The highest BCUT2D eigenvalue weighted by atomic mass is 16.3. The van der Waals surface area contributed by atoms with Gasteiger partial charge >= 0.3 is 0 Å². The van der Waals surface area contributed by atoms with Crippen LogP contribution in [0.15, 0.2) is 36.7 Å². The summed E-state index contributed by atoms with van der Waals surface area (Å²) in [6.07, 6.45) is 5.39. The van der Waals surface area contributed by atoms with Crippen LogP contribution in [0.5, 0.6) is 0 Å². The Bertz CT molecular complexity index is 488. The van der Waals surface area contributed by atoms with E-state index in [1.54, 1.807) is 6.92 Å². The zero-order valence-electron chi connectivity index (χ0n) is 10.3. The van der Waals surface area contributed by atoms with Crippen LogP contribution in [0.3, 0.4) is 0 Å². The molecule has 1 heterocycles. The first-order valence-corrected chi connectivity index (χ1v) is 6.03. The second-order valence-electron chi connectivity index (χ2n) is 4.23. The average molecular weight is 230 g/mol. The number of aryl methyl sites for hydroxylation is 1. The van der Waals surface area contributed by atoms with E-state index in [9.17, 15) is 5.11 Å². The zero-order chi connectivity index (χ0) is 12.3. The van der Waals surface area contributed by atoms with Crippen molar-refractivity contribution in [3.05, 3.63) is 48.0 Å². The largest absolute Gasteiger partial charge is 0.389 e. The number of aliphatic hydroxyl groups is 1. The monoisotopic (exact) mass is 230 g/mol. The van der Waals surface area contributed by atoms with Crippen LogP contribution >= 0.6 is 0 Å². The van der Waals surface area contributed by atoms with Crippen molar-refractivity contribution < 1.29 is 5.11 Å². The van der Waals surface area contributed by atoms with Gasteiger partial charge in [-0.25, -0.2) is 4.98 Å². The van der Waals surface area contributed by atoms with Crippen molar-refractivity contribution in [3.8, 4) is 5.69 Å². The fourth-order valence-corrected chi connectivity index (χ4v) is 1.91. The second-order valence-corrected chi connectivity index (χ2v) is 4.23. The normalized spacial score (nSPS) is 12.6. The molecule has 1 aromatic heterocycles. The van der Waals surface area contributed by atoms with E-state index >= 15 is 0 Å². The highest BCUT2D eigenvalue weighted by Gasteiger charge is 2.06. The molecule has 2 rings (SSSR count). The molecule has 0 aliphatic rings. The van der Waals surface area contributed by atoms with Crippen LogP contribution in [0.25, 0.3) is 5.69 Å². The molecular formula is C14H18N2O. The van der Waals surface area contributed by atoms with Gasteiger partial charge in [0.1, 0.15) is 5.82 Å². The topological polar surface area (TPSA) is 38.0 Å². The van der Waals surface area contributed by atoms with Crippen molar-refractivity contribution in [1.29, 1.82) is 0 Å². The molecule has 0 radical (unpaired) electrons. The summed E-state index contributed by atoms with van der Waals surface area (Å²) in [6.45, 7) is 3.92. The Morgan fingerprint density at radius 3 is 2.94 bits per heavy atom. The van der Waals surface area contributed by atoms with Crippen LogP contribution in [0, 0.1) is 0 Å². The Kier molecular flexibility index (Phi) is 3.59. The average Bonchev–Trinajstić information content (AvgIpc) is 2.78. The van der Waals surface area contributed by atoms with Crippen LogP contribution in [0.1, 0.15) is 37.8 Å². The van der Waals surface area contributed by atoms with Gasteiger partial charge in [-0.1, -0.05) is 19.1 Å². The third-order valence-corrected chi connectivity index (χ3v) is 2.82. The van der Waals surface area contributed by atoms with Crippen LogP contribution < -0.4 is 0 Å². The molecule has 0 amide bonds. The molecule has 0 saturated carbocycles. The Hall–Kier alpha value is -1.61. The highest BCUT2D eigenvalue weighted by Crippen LogP contribution is 2.18. The number of aromatic nitrogens is 2. The van der Waals surface area contributed by atoms with Crippen LogP contribution in [-0.2, 0) is 6.42 Å². The van der Waals surface area contributed by atoms with Crippen molar-refractivity contribution in [3.63, 3.8) is 0 Å². The van der Waals surface area contributed by atoms with Gasteiger partial charge in [-0.05, 0) is 31.0 Å². The molecule has 2 aromatic rings.